The predicted octanol–water partition coefficient (Wildman–Crippen LogP) is 7.23. The molecule has 1 aliphatic heterocycles. The largest absolute Gasteiger partial charge is 0.322 e. The second-order valence-electron chi connectivity index (χ2n) is 8.62. The Morgan fingerprint density at radius 1 is 0.667 bits per heavy atom. The van der Waals surface area contributed by atoms with Crippen LogP contribution in [0.15, 0.2) is 90.6 Å². The van der Waals surface area contributed by atoms with Crippen molar-refractivity contribution in [1.82, 2.24) is 0 Å². The quantitative estimate of drug-likeness (QED) is 0.461. The standard InChI is InChI=1S/C28H30N2/c1-21-13-9-12-20-26(21)29-22(2)27(23-14-5-3-6-15-23)30(25-18-7-4-8-19-25)28(29)24-16-10-11-17-24/h3-9,12-15,18-20,24,28H,10-11,16-17H2,1-2H3. The Morgan fingerprint density at radius 3 is 1.93 bits per heavy atom. The molecule has 1 heterocycles. The molecule has 0 saturated heterocycles. The molecule has 2 heteroatoms. The highest BCUT2D eigenvalue weighted by Gasteiger charge is 2.43. The number of aryl methyl sites for hydroxylation is 1. The van der Waals surface area contributed by atoms with Crippen molar-refractivity contribution in [3.05, 3.63) is 102 Å². The first-order chi connectivity index (χ1) is 14.8. The fourth-order valence-corrected chi connectivity index (χ4v) is 5.38. The van der Waals surface area contributed by atoms with Crippen LogP contribution in [-0.2, 0) is 0 Å². The summed E-state index contributed by atoms with van der Waals surface area (Å²) in [4.78, 5) is 5.24. The lowest BCUT2D eigenvalue weighted by atomic mass is 10.0. The molecule has 5 rings (SSSR count). The normalized spacial score (nSPS) is 19.7. The fraction of sp³-hybridized carbons (Fsp3) is 0.286. The maximum Gasteiger partial charge on any atom is 0.114 e. The molecule has 1 atom stereocenters. The molecule has 3 aromatic carbocycles. The Hall–Kier alpha value is -3.00. The monoisotopic (exact) mass is 394 g/mol. The molecule has 1 saturated carbocycles. The number of nitrogens with zero attached hydrogens (tertiary/aromatic N) is 2. The zero-order valence-electron chi connectivity index (χ0n) is 18.0. The highest BCUT2D eigenvalue weighted by Crippen LogP contribution is 2.47. The van der Waals surface area contributed by atoms with Gasteiger partial charge in [-0.3, -0.25) is 0 Å². The molecular weight excluding hydrogens is 364 g/mol. The zero-order chi connectivity index (χ0) is 20.5. The van der Waals surface area contributed by atoms with Crippen LogP contribution in [0.4, 0.5) is 11.4 Å². The molecule has 1 unspecified atom stereocenters. The smallest absolute Gasteiger partial charge is 0.114 e. The van der Waals surface area contributed by atoms with E-state index in [9.17, 15) is 0 Å². The van der Waals surface area contributed by atoms with E-state index >= 15 is 0 Å². The van der Waals surface area contributed by atoms with Crippen LogP contribution in [-0.4, -0.2) is 6.17 Å². The van der Waals surface area contributed by atoms with Gasteiger partial charge in [0, 0.05) is 17.1 Å². The van der Waals surface area contributed by atoms with E-state index in [1.807, 2.05) is 0 Å². The maximum atomic E-state index is 2.63. The molecule has 152 valence electrons. The summed E-state index contributed by atoms with van der Waals surface area (Å²) in [7, 11) is 0. The van der Waals surface area contributed by atoms with Crippen LogP contribution >= 0.6 is 0 Å². The Morgan fingerprint density at radius 2 is 1.27 bits per heavy atom. The molecule has 2 aliphatic rings. The van der Waals surface area contributed by atoms with Gasteiger partial charge in [-0.05, 0) is 61.9 Å². The van der Waals surface area contributed by atoms with Crippen LogP contribution in [0.2, 0.25) is 0 Å². The molecule has 0 aromatic heterocycles. The zero-order valence-corrected chi connectivity index (χ0v) is 18.0. The molecule has 0 N–H and O–H groups in total. The Bertz CT molecular complexity index is 1030. The van der Waals surface area contributed by atoms with Crippen LogP contribution in [0, 0.1) is 12.8 Å². The van der Waals surface area contributed by atoms with E-state index in [1.165, 1.54) is 59.6 Å². The lowest BCUT2D eigenvalue weighted by Crippen LogP contribution is -2.45. The molecule has 0 radical (unpaired) electrons. The number of anilines is 2. The number of hydrogen-bond donors (Lipinski definition) is 0. The topological polar surface area (TPSA) is 6.48 Å². The van der Waals surface area contributed by atoms with Crippen molar-refractivity contribution >= 4 is 17.1 Å². The third kappa shape index (κ3) is 3.21. The summed E-state index contributed by atoms with van der Waals surface area (Å²) < 4.78 is 0. The summed E-state index contributed by atoms with van der Waals surface area (Å²) in [5, 5.41) is 0. The lowest BCUT2D eigenvalue weighted by Gasteiger charge is -2.39. The van der Waals surface area contributed by atoms with Gasteiger partial charge in [0.15, 0.2) is 0 Å². The highest BCUT2D eigenvalue weighted by atomic mass is 15.4. The van der Waals surface area contributed by atoms with Gasteiger partial charge >= 0.3 is 0 Å². The van der Waals surface area contributed by atoms with Crippen LogP contribution in [0.5, 0.6) is 0 Å². The van der Waals surface area contributed by atoms with Gasteiger partial charge in [-0.25, -0.2) is 0 Å². The molecular formula is C28H30N2. The van der Waals surface area contributed by atoms with Crippen molar-refractivity contribution in [3.8, 4) is 0 Å². The second kappa shape index (κ2) is 8.02. The number of hydrogen-bond acceptors (Lipinski definition) is 2. The van der Waals surface area contributed by atoms with Gasteiger partial charge in [0.25, 0.3) is 0 Å². The van der Waals surface area contributed by atoms with Crippen molar-refractivity contribution in [2.75, 3.05) is 9.80 Å². The van der Waals surface area contributed by atoms with E-state index in [1.54, 1.807) is 0 Å². The summed E-state index contributed by atoms with van der Waals surface area (Å²) in [6, 6.07) is 30.7. The number of allylic oxidation sites excluding steroid dienone is 1. The molecule has 30 heavy (non-hydrogen) atoms. The van der Waals surface area contributed by atoms with Crippen molar-refractivity contribution in [2.45, 2.75) is 45.7 Å². The SMILES string of the molecule is CC1=C(c2ccccc2)N(c2ccccc2)C(C2CCCC2)N1c1ccccc1C. The molecule has 0 bridgehead atoms. The molecule has 3 aromatic rings. The van der Waals surface area contributed by atoms with Gasteiger partial charge in [-0.15, -0.1) is 0 Å². The Balaban J connectivity index is 1.74. The van der Waals surface area contributed by atoms with Crippen molar-refractivity contribution in [3.63, 3.8) is 0 Å². The van der Waals surface area contributed by atoms with E-state index in [0.717, 1.165) is 0 Å². The first-order valence-corrected chi connectivity index (χ1v) is 11.2. The molecule has 1 aliphatic carbocycles. The van der Waals surface area contributed by atoms with Crippen molar-refractivity contribution < 1.29 is 0 Å². The van der Waals surface area contributed by atoms with Gasteiger partial charge in [-0.1, -0.05) is 79.6 Å². The van der Waals surface area contributed by atoms with E-state index in [0.29, 0.717) is 12.1 Å². The van der Waals surface area contributed by atoms with Gasteiger partial charge in [0.1, 0.15) is 6.17 Å². The minimum Gasteiger partial charge on any atom is -0.322 e. The summed E-state index contributed by atoms with van der Waals surface area (Å²) in [5.41, 5.74) is 7.92. The van der Waals surface area contributed by atoms with Crippen LogP contribution < -0.4 is 9.80 Å². The first kappa shape index (κ1) is 19.0. The third-order valence-electron chi connectivity index (χ3n) is 6.75. The van der Waals surface area contributed by atoms with Crippen LogP contribution in [0.1, 0.15) is 43.7 Å². The Labute approximate surface area is 180 Å². The number of rotatable bonds is 4. The predicted molar refractivity (Wildman–Crippen MR) is 127 cm³/mol. The van der Waals surface area contributed by atoms with Gasteiger partial charge in [0.05, 0.1) is 5.70 Å². The number of para-hydroxylation sites is 2. The lowest BCUT2D eigenvalue weighted by molar-refractivity contribution is 0.436. The molecule has 2 nitrogen and oxygen atoms in total. The summed E-state index contributed by atoms with van der Waals surface area (Å²) in [6.07, 6.45) is 5.58. The van der Waals surface area contributed by atoms with Crippen molar-refractivity contribution in [2.24, 2.45) is 5.92 Å². The third-order valence-corrected chi connectivity index (χ3v) is 6.75. The highest BCUT2D eigenvalue weighted by molar-refractivity contribution is 5.89. The average molecular weight is 395 g/mol. The number of benzene rings is 3. The summed E-state index contributed by atoms with van der Waals surface area (Å²) in [6.45, 7) is 4.54. The van der Waals surface area contributed by atoms with Gasteiger partial charge in [0.2, 0.25) is 0 Å². The van der Waals surface area contributed by atoms with E-state index in [-0.39, 0.29) is 0 Å². The van der Waals surface area contributed by atoms with Gasteiger partial charge in [-0.2, -0.15) is 0 Å². The minimum atomic E-state index is 0.311. The summed E-state index contributed by atoms with van der Waals surface area (Å²) in [5.74, 6) is 0.654. The van der Waals surface area contributed by atoms with E-state index in [4.69, 9.17) is 0 Å². The Kier molecular flexibility index (Phi) is 5.08. The molecule has 0 amide bonds. The van der Waals surface area contributed by atoms with Crippen LogP contribution in [0.25, 0.3) is 5.70 Å². The second-order valence-corrected chi connectivity index (χ2v) is 8.62. The average Bonchev–Trinajstić information content (AvgIpc) is 3.41. The van der Waals surface area contributed by atoms with Gasteiger partial charge < -0.3 is 9.80 Å². The fourth-order valence-electron chi connectivity index (χ4n) is 5.38. The molecule has 1 fully saturated rings. The molecule has 0 spiro atoms. The van der Waals surface area contributed by atoms with E-state index in [2.05, 4.69) is 109 Å². The summed E-state index contributed by atoms with van der Waals surface area (Å²) >= 11 is 0. The maximum absolute atomic E-state index is 2.63. The minimum absolute atomic E-state index is 0.311. The van der Waals surface area contributed by atoms with E-state index < -0.39 is 0 Å². The first-order valence-electron chi connectivity index (χ1n) is 11.2. The van der Waals surface area contributed by atoms with Crippen molar-refractivity contribution in [1.29, 1.82) is 0 Å². The van der Waals surface area contributed by atoms with Crippen LogP contribution in [0.3, 0.4) is 0 Å².